The molecule has 0 amide bonds. The molecule has 0 saturated carbocycles. The van der Waals surface area contributed by atoms with Crippen molar-refractivity contribution in [1.82, 2.24) is 14.5 Å². The van der Waals surface area contributed by atoms with Gasteiger partial charge in [-0.1, -0.05) is 0 Å². The largest absolute Gasteiger partial charge is 0.492 e. The lowest BCUT2D eigenvalue weighted by atomic mass is 10.1. The number of aromatic hydroxyl groups is 1. The molecule has 0 saturated heterocycles. The first kappa shape index (κ1) is 12.5. The van der Waals surface area contributed by atoms with Gasteiger partial charge in [0.25, 0.3) is 5.56 Å². The normalized spacial score (nSPS) is 11.7. The van der Waals surface area contributed by atoms with Gasteiger partial charge in [-0.15, -0.1) is 11.3 Å². The zero-order valence-electron chi connectivity index (χ0n) is 9.60. The average molecular weight is 271 g/mol. The Hall–Kier alpha value is -1.96. The fraction of sp³-hybridized carbons (Fsp3) is 0.300. The van der Waals surface area contributed by atoms with E-state index in [9.17, 15) is 19.1 Å². The van der Waals surface area contributed by atoms with E-state index in [1.807, 2.05) is 4.98 Å². The first-order valence-corrected chi connectivity index (χ1v) is 5.88. The minimum atomic E-state index is -1.39. The van der Waals surface area contributed by atoms with Gasteiger partial charge in [0.05, 0.1) is 5.54 Å². The summed E-state index contributed by atoms with van der Waals surface area (Å²) >= 11 is 1.26. The molecule has 0 aliphatic rings. The van der Waals surface area contributed by atoms with Crippen LogP contribution in [0.4, 0.5) is 4.39 Å². The van der Waals surface area contributed by atoms with Gasteiger partial charge < -0.3 is 5.11 Å². The van der Waals surface area contributed by atoms with Gasteiger partial charge in [-0.3, -0.25) is 9.78 Å². The maximum Gasteiger partial charge on any atom is 0.332 e. The Labute approximate surface area is 104 Å². The number of nitrogens with one attached hydrogen (secondary N) is 1. The molecule has 0 radical (unpaired) electrons. The van der Waals surface area contributed by atoms with Crippen LogP contribution in [0, 0.1) is 5.82 Å². The predicted molar refractivity (Wildman–Crippen MR) is 63.5 cm³/mol. The van der Waals surface area contributed by atoms with E-state index in [-0.39, 0.29) is 0 Å². The number of aromatic nitrogens is 3. The van der Waals surface area contributed by atoms with Crippen molar-refractivity contribution in [2.75, 3.05) is 0 Å². The van der Waals surface area contributed by atoms with Gasteiger partial charge in [-0.25, -0.2) is 14.3 Å². The molecule has 96 valence electrons. The molecule has 0 atom stereocenters. The first-order chi connectivity index (χ1) is 8.35. The van der Waals surface area contributed by atoms with Crippen LogP contribution in [-0.2, 0) is 5.54 Å². The highest BCUT2D eigenvalue weighted by atomic mass is 32.1. The fourth-order valence-electron chi connectivity index (χ4n) is 1.64. The van der Waals surface area contributed by atoms with Gasteiger partial charge in [0.1, 0.15) is 5.01 Å². The molecule has 18 heavy (non-hydrogen) atoms. The zero-order valence-corrected chi connectivity index (χ0v) is 10.4. The number of hydrogen-bond donors (Lipinski definition) is 2. The zero-order chi connectivity index (χ0) is 13.5. The predicted octanol–water partition coefficient (Wildman–Crippen LogP) is 0.621. The summed E-state index contributed by atoms with van der Waals surface area (Å²) in [5, 5.41) is 11.8. The molecule has 0 unspecified atom stereocenters. The Bertz CT molecular complexity index is 687. The number of H-pyrrole nitrogens is 1. The monoisotopic (exact) mass is 271 g/mol. The molecule has 0 fully saturated rings. The van der Waals surface area contributed by atoms with E-state index in [4.69, 9.17) is 0 Å². The SMILES string of the molecule is CC(C)(c1nccs1)n1c(O)c(F)c(=O)[nH]c1=O. The number of halogens is 1. The van der Waals surface area contributed by atoms with Crippen LogP contribution in [0.15, 0.2) is 21.2 Å². The fourth-order valence-corrected chi connectivity index (χ4v) is 2.40. The van der Waals surface area contributed by atoms with Crippen LogP contribution in [0.5, 0.6) is 5.88 Å². The van der Waals surface area contributed by atoms with Crippen molar-refractivity contribution in [2.24, 2.45) is 0 Å². The van der Waals surface area contributed by atoms with E-state index in [1.54, 1.807) is 19.2 Å². The van der Waals surface area contributed by atoms with Crippen molar-refractivity contribution in [3.63, 3.8) is 0 Å². The van der Waals surface area contributed by atoms with Crippen molar-refractivity contribution in [3.05, 3.63) is 43.2 Å². The van der Waals surface area contributed by atoms with Gasteiger partial charge in [-0.2, -0.15) is 4.39 Å². The lowest BCUT2D eigenvalue weighted by Crippen LogP contribution is -2.42. The van der Waals surface area contributed by atoms with Crippen molar-refractivity contribution >= 4 is 11.3 Å². The highest BCUT2D eigenvalue weighted by Gasteiger charge is 2.31. The van der Waals surface area contributed by atoms with E-state index in [0.29, 0.717) is 5.01 Å². The third-order valence-electron chi connectivity index (χ3n) is 2.55. The Morgan fingerprint density at radius 3 is 2.72 bits per heavy atom. The van der Waals surface area contributed by atoms with Crippen LogP contribution in [0.1, 0.15) is 18.9 Å². The molecular formula is C10H10FN3O3S. The Balaban J connectivity index is 2.77. The van der Waals surface area contributed by atoms with E-state index < -0.39 is 28.5 Å². The van der Waals surface area contributed by atoms with Crippen LogP contribution >= 0.6 is 11.3 Å². The minimum absolute atomic E-state index is 0.506. The van der Waals surface area contributed by atoms with Crippen LogP contribution in [0.2, 0.25) is 0 Å². The summed E-state index contributed by atoms with van der Waals surface area (Å²) in [5.41, 5.74) is -3.21. The molecule has 2 aromatic rings. The van der Waals surface area contributed by atoms with E-state index in [1.165, 1.54) is 17.5 Å². The molecule has 2 aromatic heterocycles. The van der Waals surface area contributed by atoms with Crippen molar-refractivity contribution in [2.45, 2.75) is 19.4 Å². The Morgan fingerprint density at radius 1 is 1.50 bits per heavy atom. The highest BCUT2D eigenvalue weighted by molar-refractivity contribution is 7.09. The molecule has 0 aromatic carbocycles. The Morgan fingerprint density at radius 2 is 2.17 bits per heavy atom. The quantitative estimate of drug-likeness (QED) is 0.838. The van der Waals surface area contributed by atoms with Crippen molar-refractivity contribution in [1.29, 1.82) is 0 Å². The second-order valence-electron chi connectivity index (χ2n) is 4.13. The number of rotatable bonds is 2. The summed E-state index contributed by atoms with van der Waals surface area (Å²) in [4.78, 5) is 28.6. The third kappa shape index (κ3) is 1.74. The van der Waals surface area contributed by atoms with Gasteiger partial charge >= 0.3 is 5.69 Å². The minimum Gasteiger partial charge on any atom is -0.492 e. The standard InChI is InChI=1S/C10H10FN3O3S/c1-10(2,8-12-3-4-18-8)14-7(16)5(11)6(15)13-9(14)17/h3-4,16H,1-2H3,(H,13,15,17). The summed E-state index contributed by atoms with van der Waals surface area (Å²) in [7, 11) is 0. The molecule has 8 heteroatoms. The summed E-state index contributed by atoms with van der Waals surface area (Å²) in [6.07, 6.45) is 1.53. The highest BCUT2D eigenvalue weighted by Crippen LogP contribution is 2.29. The number of thiazole rings is 1. The van der Waals surface area contributed by atoms with E-state index >= 15 is 0 Å². The van der Waals surface area contributed by atoms with Gasteiger partial charge in [0, 0.05) is 11.6 Å². The van der Waals surface area contributed by atoms with Gasteiger partial charge in [0.15, 0.2) is 0 Å². The number of nitrogens with zero attached hydrogens (tertiary/aromatic N) is 2. The van der Waals surface area contributed by atoms with Crippen molar-refractivity contribution < 1.29 is 9.50 Å². The molecule has 0 bridgehead atoms. The Kier molecular flexibility index (Phi) is 2.81. The molecule has 0 aliphatic heterocycles. The lowest BCUT2D eigenvalue weighted by molar-refractivity contribution is 0.301. The van der Waals surface area contributed by atoms with Gasteiger partial charge in [0.2, 0.25) is 11.7 Å². The second-order valence-corrected chi connectivity index (χ2v) is 5.02. The van der Waals surface area contributed by atoms with Crippen LogP contribution in [0.3, 0.4) is 0 Å². The molecule has 2 rings (SSSR count). The maximum atomic E-state index is 13.4. The average Bonchev–Trinajstić information content (AvgIpc) is 2.79. The summed E-state index contributed by atoms with van der Waals surface area (Å²) in [6, 6.07) is 0. The molecule has 2 N–H and O–H groups in total. The van der Waals surface area contributed by atoms with Gasteiger partial charge in [-0.05, 0) is 13.8 Å². The van der Waals surface area contributed by atoms with Crippen LogP contribution < -0.4 is 11.2 Å². The number of hydrogen-bond acceptors (Lipinski definition) is 5. The van der Waals surface area contributed by atoms with Crippen LogP contribution in [0.25, 0.3) is 0 Å². The summed E-state index contributed by atoms with van der Waals surface area (Å²) in [6.45, 7) is 3.18. The molecule has 0 spiro atoms. The van der Waals surface area contributed by atoms with E-state index in [0.717, 1.165) is 4.57 Å². The smallest absolute Gasteiger partial charge is 0.332 e. The number of aromatic amines is 1. The molecule has 0 aliphatic carbocycles. The van der Waals surface area contributed by atoms with E-state index in [2.05, 4.69) is 4.98 Å². The first-order valence-electron chi connectivity index (χ1n) is 5.00. The topological polar surface area (TPSA) is 88.0 Å². The molecule has 2 heterocycles. The summed E-state index contributed by atoms with van der Waals surface area (Å²) in [5.74, 6) is -2.39. The van der Waals surface area contributed by atoms with Crippen molar-refractivity contribution in [3.8, 4) is 5.88 Å². The summed E-state index contributed by atoms with van der Waals surface area (Å²) < 4.78 is 14.1. The second kappa shape index (κ2) is 4.05. The molecule has 6 nitrogen and oxygen atoms in total. The lowest BCUT2D eigenvalue weighted by Gasteiger charge is -2.25. The molecular weight excluding hydrogens is 261 g/mol. The third-order valence-corrected chi connectivity index (χ3v) is 3.63. The maximum absolute atomic E-state index is 13.4. The van der Waals surface area contributed by atoms with Crippen LogP contribution in [-0.4, -0.2) is 19.6 Å².